The minimum atomic E-state index is 0.0917. The first-order valence-electron chi connectivity index (χ1n) is 9.17. The van der Waals surface area contributed by atoms with Gasteiger partial charge in [-0.15, -0.1) is 0 Å². The largest absolute Gasteiger partial charge is 0.327 e. The summed E-state index contributed by atoms with van der Waals surface area (Å²) < 4.78 is 1.77. The maximum Gasteiger partial charge on any atom is 0.227 e. The normalized spacial score (nSPS) is 28.5. The molecule has 2 aliphatic rings. The second kappa shape index (κ2) is 6.96. The number of rotatable bonds is 4. The zero-order valence-corrected chi connectivity index (χ0v) is 14.3. The van der Waals surface area contributed by atoms with Gasteiger partial charge in [0.2, 0.25) is 5.91 Å². The Hall–Kier alpha value is -2.21. The quantitative estimate of drug-likeness (QED) is 0.896. The molecule has 1 aromatic heterocycles. The predicted octanol–water partition coefficient (Wildman–Crippen LogP) is 2.42. The number of carbonyl (C=O) groups excluding carboxylic acids is 1. The van der Waals surface area contributed by atoms with E-state index in [1.165, 1.54) is 25.6 Å². The van der Waals surface area contributed by atoms with Gasteiger partial charge in [-0.3, -0.25) is 4.79 Å². The van der Waals surface area contributed by atoms with Crippen LogP contribution in [-0.2, 0) is 11.3 Å². The molecule has 2 aromatic rings. The summed E-state index contributed by atoms with van der Waals surface area (Å²) in [4.78, 5) is 16.7. The van der Waals surface area contributed by atoms with Crippen LogP contribution in [0.3, 0.4) is 0 Å². The summed E-state index contributed by atoms with van der Waals surface area (Å²) in [6, 6.07) is 8.24. The number of carbonyl (C=O) groups is 1. The second-order valence-electron chi connectivity index (χ2n) is 7.48. The van der Waals surface area contributed by atoms with E-state index in [2.05, 4.69) is 15.4 Å². The van der Waals surface area contributed by atoms with Crippen molar-refractivity contribution in [1.29, 1.82) is 0 Å². The minimum absolute atomic E-state index is 0.0917. The molecule has 3 N–H and O–H groups in total. The van der Waals surface area contributed by atoms with E-state index in [-0.39, 0.29) is 11.8 Å². The van der Waals surface area contributed by atoms with Crippen LogP contribution < -0.4 is 11.1 Å². The Kier molecular flexibility index (Phi) is 4.53. The van der Waals surface area contributed by atoms with E-state index in [4.69, 9.17) is 5.73 Å². The van der Waals surface area contributed by atoms with Crippen molar-refractivity contribution >= 4 is 11.6 Å². The summed E-state index contributed by atoms with van der Waals surface area (Å²) in [5.74, 6) is 1.26. The summed E-state index contributed by atoms with van der Waals surface area (Å²) >= 11 is 0. The highest BCUT2D eigenvalue weighted by molar-refractivity contribution is 5.92. The van der Waals surface area contributed by atoms with E-state index in [9.17, 15) is 4.79 Å². The van der Waals surface area contributed by atoms with Crippen LogP contribution in [0.1, 0.15) is 37.7 Å². The topological polar surface area (TPSA) is 85.8 Å². The molecule has 1 amide bonds. The molecule has 2 atom stereocenters. The third-order valence-corrected chi connectivity index (χ3v) is 5.79. The van der Waals surface area contributed by atoms with Gasteiger partial charge < -0.3 is 11.1 Å². The summed E-state index contributed by atoms with van der Waals surface area (Å²) in [6.07, 6.45) is 8.70. The average Bonchev–Trinajstić information content (AvgIpc) is 3.08. The van der Waals surface area contributed by atoms with Gasteiger partial charge in [-0.25, -0.2) is 9.67 Å². The molecule has 6 nitrogen and oxygen atoms in total. The summed E-state index contributed by atoms with van der Waals surface area (Å²) in [5.41, 5.74) is 8.28. The van der Waals surface area contributed by atoms with Crippen molar-refractivity contribution in [2.75, 3.05) is 5.32 Å². The van der Waals surface area contributed by atoms with Crippen LogP contribution in [0.25, 0.3) is 0 Å². The van der Waals surface area contributed by atoms with Gasteiger partial charge in [0.15, 0.2) is 0 Å². The van der Waals surface area contributed by atoms with Crippen molar-refractivity contribution in [3.63, 3.8) is 0 Å². The Morgan fingerprint density at radius 3 is 2.80 bits per heavy atom. The lowest BCUT2D eigenvalue weighted by atomic mass is 9.65. The number of benzene rings is 1. The highest BCUT2D eigenvalue weighted by Crippen LogP contribution is 2.42. The van der Waals surface area contributed by atoms with E-state index in [1.807, 2.05) is 24.3 Å². The van der Waals surface area contributed by atoms with E-state index < -0.39 is 0 Å². The molecule has 0 radical (unpaired) electrons. The molecule has 6 heteroatoms. The van der Waals surface area contributed by atoms with Crippen molar-refractivity contribution in [3.8, 4) is 0 Å². The lowest BCUT2D eigenvalue weighted by molar-refractivity contribution is -0.122. The first-order valence-corrected chi connectivity index (χ1v) is 9.17. The predicted molar refractivity (Wildman–Crippen MR) is 95.7 cm³/mol. The molecule has 132 valence electrons. The first kappa shape index (κ1) is 16.3. The first-order chi connectivity index (χ1) is 12.2. The molecule has 1 heterocycles. The number of hydrogen-bond acceptors (Lipinski definition) is 4. The number of fused-ring (bicyclic) bond motifs is 2. The fourth-order valence-corrected chi connectivity index (χ4v) is 4.50. The van der Waals surface area contributed by atoms with Gasteiger partial charge in [-0.05, 0) is 55.2 Å². The van der Waals surface area contributed by atoms with Crippen LogP contribution in [0.15, 0.2) is 36.9 Å². The molecule has 25 heavy (non-hydrogen) atoms. The SMILES string of the molecule is NC1C2CCCC1CC(C(=O)Nc1cccc(Cn3cncn3)c1)C2. The van der Waals surface area contributed by atoms with Crippen LogP contribution in [0.5, 0.6) is 0 Å². The van der Waals surface area contributed by atoms with E-state index in [1.54, 1.807) is 11.0 Å². The smallest absolute Gasteiger partial charge is 0.227 e. The van der Waals surface area contributed by atoms with Gasteiger partial charge >= 0.3 is 0 Å². The maximum atomic E-state index is 12.8. The van der Waals surface area contributed by atoms with Crippen molar-refractivity contribution in [2.45, 2.75) is 44.7 Å². The van der Waals surface area contributed by atoms with Gasteiger partial charge in [-0.1, -0.05) is 18.6 Å². The van der Waals surface area contributed by atoms with Crippen LogP contribution in [0.4, 0.5) is 5.69 Å². The number of hydrogen-bond donors (Lipinski definition) is 2. The zero-order valence-electron chi connectivity index (χ0n) is 14.3. The molecule has 0 spiro atoms. The van der Waals surface area contributed by atoms with Crippen molar-refractivity contribution < 1.29 is 4.79 Å². The molecule has 2 fully saturated rings. The summed E-state index contributed by atoms with van der Waals surface area (Å²) in [6.45, 7) is 0.645. The maximum absolute atomic E-state index is 12.8. The highest BCUT2D eigenvalue weighted by atomic mass is 16.1. The Bertz CT molecular complexity index is 715. The van der Waals surface area contributed by atoms with Gasteiger partial charge in [-0.2, -0.15) is 5.10 Å². The number of amides is 1. The molecule has 2 saturated carbocycles. The Labute approximate surface area is 147 Å². The van der Waals surface area contributed by atoms with Gasteiger partial charge in [0.05, 0.1) is 6.54 Å². The lowest BCUT2D eigenvalue weighted by Crippen LogP contribution is -2.48. The van der Waals surface area contributed by atoms with Crippen molar-refractivity contribution in [1.82, 2.24) is 14.8 Å². The van der Waals surface area contributed by atoms with E-state index in [0.29, 0.717) is 24.4 Å². The molecular formula is C19H25N5O. The van der Waals surface area contributed by atoms with Crippen molar-refractivity contribution in [3.05, 3.63) is 42.5 Å². The monoisotopic (exact) mass is 339 g/mol. The number of nitrogens with two attached hydrogens (primary N) is 1. The number of anilines is 1. The van der Waals surface area contributed by atoms with Gasteiger partial charge in [0.25, 0.3) is 0 Å². The molecular weight excluding hydrogens is 314 g/mol. The van der Waals surface area contributed by atoms with E-state index >= 15 is 0 Å². The second-order valence-corrected chi connectivity index (χ2v) is 7.48. The third kappa shape index (κ3) is 3.58. The average molecular weight is 339 g/mol. The minimum Gasteiger partial charge on any atom is -0.327 e. The Balaban J connectivity index is 1.41. The van der Waals surface area contributed by atoms with Crippen LogP contribution in [0.2, 0.25) is 0 Å². The number of nitrogens with zero attached hydrogens (tertiary/aromatic N) is 3. The van der Waals surface area contributed by atoms with Crippen LogP contribution >= 0.6 is 0 Å². The fraction of sp³-hybridized carbons (Fsp3) is 0.526. The number of aromatic nitrogens is 3. The Morgan fingerprint density at radius 1 is 1.28 bits per heavy atom. The molecule has 0 aliphatic heterocycles. The standard InChI is InChI=1S/C19H25N5O/c20-18-14-4-2-5-15(18)9-16(8-14)19(25)23-17-6-1-3-13(7-17)10-24-12-21-11-22-24/h1,3,6-7,11-12,14-16,18H,2,4-5,8-10,20H2,(H,23,25). The van der Waals surface area contributed by atoms with Crippen LogP contribution in [0, 0.1) is 17.8 Å². The van der Waals surface area contributed by atoms with Gasteiger partial charge in [0.1, 0.15) is 12.7 Å². The third-order valence-electron chi connectivity index (χ3n) is 5.79. The number of nitrogens with one attached hydrogen (secondary N) is 1. The highest BCUT2D eigenvalue weighted by Gasteiger charge is 2.40. The summed E-state index contributed by atoms with van der Waals surface area (Å²) in [7, 11) is 0. The molecule has 2 aliphatic carbocycles. The molecule has 0 saturated heterocycles. The molecule has 2 bridgehead atoms. The fourth-order valence-electron chi connectivity index (χ4n) is 4.50. The Morgan fingerprint density at radius 2 is 2.08 bits per heavy atom. The van der Waals surface area contributed by atoms with Gasteiger partial charge in [0, 0.05) is 17.6 Å². The van der Waals surface area contributed by atoms with E-state index in [0.717, 1.165) is 24.1 Å². The lowest BCUT2D eigenvalue weighted by Gasteiger charge is -2.43. The molecule has 4 rings (SSSR count). The van der Waals surface area contributed by atoms with Crippen LogP contribution in [-0.4, -0.2) is 26.7 Å². The summed E-state index contributed by atoms with van der Waals surface area (Å²) in [5, 5.41) is 7.23. The molecule has 2 unspecified atom stereocenters. The van der Waals surface area contributed by atoms with Crippen molar-refractivity contribution in [2.24, 2.45) is 23.5 Å². The zero-order chi connectivity index (χ0) is 17.2. The molecule has 1 aromatic carbocycles.